The predicted octanol–water partition coefficient (Wildman–Crippen LogP) is 6.65. The summed E-state index contributed by atoms with van der Waals surface area (Å²) in [6, 6.07) is 20.6. The Hall–Kier alpha value is -3.19. The Morgan fingerprint density at radius 3 is 2.26 bits per heavy atom. The average Bonchev–Trinajstić information content (AvgIpc) is 2.91. The minimum atomic E-state index is -0.778. The van der Waals surface area contributed by atoms with Crippen molar-refractivity contribution in [2.45, 2.75) is 65.1 Å². The van der Waals surface area contributed by atoms with Gasteiger partial charge in [0, 0.05) is 19.0 Å². The van der Waals surface area contributed by atoms with Crippen LogP contribution in [0.25, 0.3) is 0 Å². The molecule has 0 heterocycles. The lowest BCUT2D eigenvalue weighted by atomic mass is 10.0. The van der Waals surface area contributed by atoms with E-state index < -0.39 is 6.04 Å². The lowest BCUT2D eigenvalue weighted by Crippen LogP contribution is -2.53. The van der Waals surface area contributed by atoms with Crippen LogP contribution in [-0.2, 0) is 22.6 Å². The van der Waals surface area contributed by atoms with Gasteiger partial charge in [-0.1, -0.05) is 69.3 Å². The maximum absolute atomic E-state index is 13.7. The van der Waals surface area contributed by atoms with Crippen LogP contribution in [0.3, 0.4) is 0 Å². The molecule has 0 fully saturated rings. The van der Waals surface area contributed by atoms with E-state index in [9.17, 15) is 14.0 Å². The zero-order chi connectivity index (χ0) is 27.7. The van der Waals surface area contributed by atoms with Crippen molar-refractivity contribution >= 4 is 27.7 Å². The summed E-state index contributed by atoms with van der Waals surface area (Å²) in [7, 11) is 0. The van der Waals surface area contributed by atoms with Crippen molar-refractivity contribution in [1.82, 2.24) is 10.2 Å². The molecule has 0 saturated carbocycles. The molecular formula is C31H36BrFN2O3. The molecule has 0 radical (unpaired) electrons. The third kappa shape index (κ3) is 8.42. The number of halogens is 2. The van der Waals surface area contributed by atoms with Crippen molar-refractivity contribution in [2.75, 3.05) is 6.61 Å². The van der Waals surface area contributed by atoms with Gasteiger partial charge < -0.3 is 15.0 Å². The van der Waals surface area contributed by atoms with Crippen LogP contribution in [0, 0.1) is 5.82 Å². The predicted molar refractivity (Wildman–Crippen MR) is 153 cm³/mol. The fourth-order valence-corrected chi connectivity index (χ4v) is 4.51. The third-order valence-electron chi connectivity index (χ3n) is 6.51. The van der Waals surface area contributed by atoms with Crippen LogP contribution < -0.4 is 10.1 Å². The lowest BCUT2D eigenvalue weighted by Gasteiger charge is -2.32. The molecule has 0 saturated heterocycles. The monoisotopic (exact) mass is 582 g/mol. The van der Waals surface area contributed by atoms with E-state index in [1.165, 1.54) is 17.0 Å². The van der Waals surface area contributed by atoms with Gasteiger partial charge in [0.15, 0.2) is 6.61 Å². The number of carbonyl (C=O) groups is 2. The van der Waals surface area contributed by atoms with Crippen molar-refractivity contribution in [3.63, 3.8) is 0 Å². The number of amides is 2. The summed E-state index contributed by atoms with van der Waals surface area (Å²) < 4.78 is 20.3. The summed E-state index contributed by atoms with van der Waals surface area (Å²) in [5, 5.41) is 3.04. The second kappa shape index (κ2) is 14.1. The summed E-state index contributed by atoms with van der Waals surface area (Å²) in [5.74, 6) is -0.0281. The van der Waals surface area contributed by atoms with Gasteiger partial charge in [0.25, 0.3) is 5.91 Å². The molecule has 3 rings (SSSR count). The highest BCUT2D eigenvalue weighted by Crippen LogP contribution is 2.29. The molecule has 202 valence electrons. The van der Waals surface area contributed by atoms with E-state index in [4.69, 9.17) is 4.74 Å². The Morgan fingerprint density at radius 2 is 1.66 bits per heavy atom. The van der Waals surface area contributed by atoms with Gasteiger partial charge in [-0.3, -0.25) is 9.59 Å². The molecule has 2 atom stereocenters. The number of hydrogen-bond acceptors (Lipinski definition) is 3. The van der Waals surface area contributed by atoms with Crippen LogP contribution in [0.1, 0.15) is 56.7 Å². The second-order valence-electron chi connectivity index (χ2n) is 9.80. The average molecular weight is 584 g/mol. The van der Waals surface area contributed by atoms with Crippen LogP contribution in [0.15, 0.2) is 77.3 Å². The summed E-state index contributed by atoms with van der Waals surface area (Å²) in [6.07, 6.45) is 1.10. The first-order chi connectivity index (χ1) is 18.2. The topological polar surface area (TPSA) is 58.6 Å². The number of carbonyl (C=O) groups excluding carboxylic acids is 2. The number of ether oxygens (including phenoxy) is 1. The molecular weight excluding hydrogens is 547 g/mol. The molecule has 3 aromatic carbocycles. The molecule has 0 aliphatic heterocycles. The Morgan fingerprint density at radius 1 is 0.974 bits per heavy atom. The highest BCUT2D eigenvalue weighted by Gasteiger charge is 2.31. The van der Waals surface area contributed by atoms with Crippen molar-refractivity contribution in [3.05, 3.63) is 99.8 Å². The van der Waals surface area contributed by atoms with Gasteiger partial charge in [-0.25, -0.2) is 4.39 Å². The van der Waals surface area contributed by atoms with E-state index in [1.807, 2.05) is 62.4 Å². The number of nitrogens with one attached hydrogen (secondary N) is 1. The van der Waals surface area contributed by atoms with Gasteiger partial charge in [-0.2, -0.15) is 0 Å². The Bertz CT molecular complexity index is 1200. The van der Waals surface area contributed by atoms with Crippen molar-refractivity contribution in [2.24, 2.45) is 0 Å². The third-order valence-corrected chi connectivity index (χ3v) is 7.13. The Kier molecular flexibility index (Phi) is 10.9. The molecule has 5 nitrogen and oxygen atoms in total. The van der Waals surface area contributed by atoms with Gasteiger partial charge in [-0.15, -0.1) is 0 Å². The van der Waals surface area contributed by atoms with Gasteiger partial charge in [0.1, 0.15) is 17.6 Å². The van der Waals surface area contributed by atoms with Gasteiger partial charge in [0.05, 0.1) is 4.47 Å². The van der Waals surface area contributed by atoms with Gasteiger partial charge in [0.2, 0.25) is 5.91 Å². The molecule has 0 bridgehead atoms. The zero-order valence-corrected chi connectivity index (χ0v) is 24.0. The molecule has 0 spiro atoms. The normalized spacial score (nSPS) is 12.6. The SMILES string of the molecule is CCC(C)NC(=O)C(Cc1ccccc1)N(Cc1ccc(F)cc1)C(=O)COc1ccc(C(C)C)cc1Br. The fourth-order valence-electron chi connectivity index (χ4n) is 4.00. The second-order valence-corrected chi connectivity index (χ2v) is 10.7. The van der Waals surface area contributed by atoms with E-state index in [0.717, 1.165) is 27.6 Å². The standard InChI is InChI=1S/C31H36BrFN2O3/c1-5-22(4)34-31(37)28(17-23-9-7-6-8-10-23)35(19-24-11-14-26(33)15-12-24)30(36)20-38-29-16-13-25(21(2)3)18-27(29)32/h6-16,18,21-22,28H,5,17,19-20H2,1-4H3,(H,34,37). The lowest BCUT2D eigenvalue weighted by molar-refractivity contribution is -0.143. The molecule has 1 N–H and O–H groups in total. The first-order valence-corrected chi connectivity index (χ1v) is 13.8. The van der Waals surface area contributed by atoms with Crippen LogP contribution >= 0.6 is 15.9 Å². The van der Waals surface area contributed by atoms with Crippen LogP contribution in [-0.4, -0.2) is 35.4 Å². The van der Waals surface area contributed by atoms with Crippen molar-refractivity contribution in [1.29, 1.82) is 0 Å². The van der Waals surface area contributed by atoms with Crippen LogP contribution in [0.2, 0.25) is 0 Å². The number of rotatable bonds is 12. The van der Waals surface area contributed by atoms with Crippen LogP contribution in [0.4, 0.5) is 4.39 Å². The number of nitrogens with zero attached hydrogens (tertiary/aromatic N) is 1. The first-order valence-electron chi connectivity index (χ1n) is 13.0. The smallest absolute Gasteiger partial charge is 0.261 e. The highest BCUT2D eigenvalue weighted by molar-refractivity contribution is 9.10. The summed E-state index contributed by atoms with van der Waals surface area (Å²) in [4.78, 5) is 28.8. The minimum Gasteiger partial charge on any atom is -0.483 e. The molecule has 2 amide bonds. The molecule has 2 unspecified atom stereocenters. The molecule has 0 aliphatic rings. The molecule has 0 aromatic heterocycles. The van der Waals surface area contributed by atoms with Crippen LogP contribution in [0.5, 0.6) is 5.75 Å². The molecule has 3 aromatic rings. The Labute approximate surface area is 233 Å². The highest BCUT2D eigenvalue weighted by atomic mass is 79.9. The zero-order valence-electron chi connectivity index (χ0n) is 22.4. The van der Waals surface area contributed by atoms with E-state index >= 15 is 0 Å². The molecule has 7 heteroatoms. The largest absolute Gasteiger partial charge is 0.483 e. The van der Waals surface area contributed by atoms with E-state index in [-0.39, 0.29) is 36.8 Å². The maximum atomic E-state index is 13.7. The summed E-state index contributed by atoms with van der Waals surface area (Å²) in [6.45, 7) is 8.04. The maximum Gasteiger partial charge on any atom is 0.261 e. The summed E-state index contributed by atoms with van der Waals surface area (Å²) in [5.41, 5.74) is 2.80. The van der Waals surface area contributed by atoms with Gasteiger partial charge >= 0.3 is 0 Å². The molecule has 0 aliphatic carbocycles. The number of hydrogen-bond donors (Lipinski definition) is 1. The minimum absolute atomic E-state index is 0.0461. The summed E-state index contributed by atoms with van der Waals surface area (Å²) >= 11 is 3.55. The van der Waals surface area contributed by atoms with Crippen molar-refractivity contribution in [3.8, 4) is 5.75 Å². The number of benzene rings is 3. The molecule has 38 heavy (non-hydrogen) atoms. The first kappa shape index (κ1) is 29.4. The van der Waals surface area contributed by atoms with E-state index in [2.05, 4.69) is 35.1 Å². The van der Waals surface area contributed by atoms with E-state index in [1.54, 1.807) is 12.1 Å². The van der Waals surface area contributed by atoms with Crippen molar-refractivity contribution < 1.29 is 18.7 Å². The Balaban J connectivity index is 1.91. The van der Waals surface area contributed by atoms with Gasteiger partial charge in [-0.05, 0) is 76.1 Å². The quantitative estimate of drug-likeness (QED) is 0.260. The fraction of sp³-hybridized carbons (Fsp3) is 0.355. The van der Waals surface area contributed by atoms with E-state index in [0.29, 0.717) is 18.1 Å².